The molecule has 0 fully saturated rings. The van der Waals surface area contributed by atoms with Crippen LogP contribution in [0.1, 0.15) is 227 Å². The standard InChI is InChI=1S/C42H80O6/c1-5-7-9-11-21-26-29-33-40(43)46-36-39(48-42(45)35-31-24-10-8-6-2)37-47-41(44)34-30-27-23-20-18-16-14-12-13-15-17-19-22-25-28-32-38(3)4/h38-39H,5-37H2,1-4H3/t39-/m1/s1. The SMILES string of the molecule is CCCCCCCCCC(=O)OC[C@H](COC(=O)CCCCCCCCCCCCCCCCCC(C)C)OC(=O)CCCCCCC. The number of rotatable bonds is 37. The lowest BCUT2D eigenvalue weighted by molar-refractivity contribution is -0.167. The summed E-state index contributed by atoms with van der Waals surface area (Å²) < 4.78 is 16.5. The fourth-order valence-electron chi connectivity index (χ4n) is 6.10. The Hall–Kier alpha value is -1.59. The van der Waals surface area contributed by atoms with Crippen molar-refractivity contribution in [3.05, 3.63) is 0 Å². The van der Waals surface area contributed by atoms with Crippen LogP contribution in [-0.4, -0.2) is 37.2 Å². The molecule has 0 aliphatic heterocycles. The molecule has 0 saturated heterocycles. The van der Waals surface area contributed by atoms with Crippen LogP contribution in [-0.2, 0) is 28.6 Å². The van der Waals surface area contributed by atoms with Crippen molar-refractivity contribution < 1.29 is 28.6 Å². The van der Waals surface area contributed by atoms with Gasteiger partial charge in [0.15, 0.2) is 6.10 Å². The summed E-state index contributed by atoms with van der Waals surface area (Å²) in [7, 11) is 0. The van der Waals surface area contributed by atoms with Gasteiger partial charge in [-0.2, -0.15) is 0 Å². The molecule has 0 radical (unpaired) electrons. The quantitative estimate of drug-likeness (QED) is 0.0369. The van der Waals surface area contributed by atoms with E-state index in [1.165, 1.54) is 116 Å². The Bertz CT molecular complexity index is 721. The molecule has 0 bridgehead atoms. The average molecular weight is 681 g/mol. The normalized spacial score (nSPS) is 11.9. The summed E-state index contributed by atoms with van der Waals surface area (Å²) in [5, 5.41) is 0. The van der Waals surface area contributed by atoms with Gasteiger partial charge in [0.05, 0.1) is 0 Å². The fourth-order valence-corrected chi connectivity index (χ4v) is 6.10. The van der Waals surface area contributed by atoms with E-state index in [4.69, 9.17) is 14.2 Å². The third-order valence-electron chi connectivity index (χ3n) is 9.29. The molecule has 0 N–H and O–H groups in total. The van der Waals surface area contributed by atoms with Crippen LogP contribution >= 0.6 is 0 Å². The van der Waals surface area contributed by atoms with E-state index in [0.29, 0.717) is 19.3 Å². The fraction of sp³-hybridized carbons (Fsp3) is 0.929. The largest absolute Gasteiger partial charge is 0.462 e. The Morgan fingerprint density at radius 3 is 1.02 bits per heavy atom. The molecule has 0 aromatic rings. The monoisotopic (exact) mass is 681 g/mol. The van der Waals surface area contributed by atoms with Gasteiger partial charge in [-0.3, -0.25) is 14.4 Å². The van der Waals surface area contributed by atoms with Gasteiger partial charge in [0.2, 0.25) is 0 Å². The van der Waals surface area contributed by atoms with Crippen LogP contribution in [0.15, 0.2) is 0 Å². The highest BCUT2D eigenvalue weighted by molar-refractivity contribution is 5.71. The summed E-state index contributed by atoms with van der Waals surface area (Å²) in [4.78, 5) is 37.2. The Balaban J connectivity index is 4.05. The summed E-state index contributed by atoms with van der Waals surface area (Å²) in [6.07, 6.45) is 34.2. The van der Waals surface area contributed by atoms with Gasteiger partial charge in [0.25, 0.3) is 0 Å². The van der Waals surface area contributed by atoms with Gasteiger partial charge in [-0.1, -0.05) is 188 Å². The number of esters is 3. The lowest BCUT2D eigenvalue weighted by Crippen LogP contribution is -2.30. The van der Waals surface area contributed by atoms with Crippen molar-refractivity contribution >= 4 is 17.9 Å². The van der Waals surface area contributed by atoms with Crippen molar-refractivity contribution in [1.29, 1.82) is 0 Å². The summed E-state index contributed by atoms with van der Waals surface area (Å²) >= 11 is 0. The third-order valence-corrected chi connectivity index (χ3v) is 9.29. The second kappa shape index (κ2) is 36.7. The van der Waals surface area contributed by atoms with Crippen LogP contribution in [0.3, 0.4) is 0 Å². The zero-order valence-electron chi connectivity index (χ0n) is 32.4. The first-order valence-electron chi connectivity index (χ1n) is 20.9. The van der Waals surface area contributed by atoms with Crippen molar-refractivity contribution in [1.82, 2.24) is 0 Å². The van der Waals surface area contributed by atoms with Gasteiger partial charge in [0.1, 0.15) is 13.2 Å². The Kier molecular flexibility index (Phi) is 35.5. The number of unbranched alkanes of at least 4 members (excludes halogenated alkanes) is 24. The van der Waals surface area contributed by atoms with Gasteiger partial charge in [0, 0.05) is 19.3 Å². The van der Waals surface area contributed by atoms with Crippen molar-refractivity contribution in [2.75, 3.05) is 13.2 Å². The van der Waals surface area contributed by atoms with Crippen LogP contribution < -0.4 is 0 Å². The molecule has 48 heavy (non-hydrogen) atoms. The van der Waals surface area contributed by atoms with Crippen LogP contribution in [0.2, 0.25) is 0 Å². The molecule has 0 heterocycles. The second-order valence-corrected chi connectivity index (χ2v) is 14.7. The van der Waals surface area contributed by atoms with Crippen LogP contribution in [0, 0.1) is 5.92 Å². The van der Waals surface area contributed by atoms with Gasteiger partial charge >= 0.3 is 17.9 Å². The van der Waals surface area contributed by atoms with Crippen LogP contribution in [0.4, 0.5) is 0 Å². The Morgan fingerprint density at radius 1 is 0.396 bits per heavy atom. The van der Waals surface area contributed by atoms with Gasteiger partial charge in [-0.05, 0) is 25.2 Å². The van der Waals surface area contributed by atoms with E-state index < -0.39 is 6.10 Å². The first-order chi connectivity index (χ1) is 23.4. The summed E-state index contributed by atoms with van der Waals surface area (Å²) in [6.45, 7) is 8.87. The number of ether oxygens (including phenoxy) is 3. The lowest BCUT2D eigenvalue weighted by atomic mass is 10.0. The smallest absolute Gasteiger partial charge is 0.306 e. The summed E-state index contributed by atoms with van der Waals surface area (Å²) in [5.74, 6) is -0.0318. The highest BCUT2D eigenvalue weighted by Crippen LogP contribution is 2.16. The molecule has 284 valence electrons. The molecule has 0 spiro atoms. The first kappa shape index (κ1) is 46.4. The van der Waals surface area contributed by atoms with Crippen molar-refractivity contribution in [2.45, 2.75) is 233 Å². The van der Waals surface area contributed by atoms with Gasteiger partial charge in [-0.15, -0.1) is 0 Å². The lowest BCUT2D eigenvalue weighted by Gasteiger charge is -2.18. The molecule has 0 saturated carbocycles. The molecule has 0 aromatic heterocycles. The minimum absolute atomic E-state index is 0.0661. The molecule has 1 atom stereocenters. The van der Waals surface area contributed by atoms with E-state index in [1.807, 2.05) is 0 Å². The van der Waals surface area contributed by atoms with Crippen LogP contribution in [0.5, 0.6) is 0 Å². The molecule has 0 aliphatic rings. The van der Waals surface area contributed by atoms with Gasteiger partial charge in [-0.25, -0.2) is 0 Å². The highest BCUT2D eigenvalue weighted by Gasteiger charge is 2.19. The maximum atomic E-state index is 12.4. The molecule has 0 rings (SSSR count). The molecule has 0 aromatic carbocycles. The predicted octanol–water partition coefficient (Wildman–Crippen LogP) is 12.8. The average Bonchev–Trinajstić information content (AvgIpc) is 3.06. The summed E-state index contributed by atoms with van der Waals surface area (Å²) in [5.41, 5.74) is 0. The molecule has 0 aliphatic carbocycles. The number of hydrogen-bond acceptors (Lipinski definition) is 6. The van der Waals surface area contributed by atoms with Crippen LogP contribution in [0.25, 0.3) is 0 Å². The topological polar surface area (TPSA) is 78.9 Å². The minimum Gasteiger partial charge on any atom is -0.462 e. The van der Waals surface area contributed by atoms with Crippen molar-refractivity contribution in [2.24, 2.45) is 5.92 Å². The third kappa shape index (κ3) is 35.7. The van der Waals surface area contributed by atoms with E-state index in [2.05, 4.69) is 27.7 Å². The molecule has 6 heteroatoms. The number of carbonyl (C=O) groups is 3. The molecular weight excluding hydrogens is 600 g/mol. The van der Waals surface area contributed by atoms with E-state index in [9.17, 15) is 14.4 Å². The maximum absolute atomic E-state index is 12.4. The zero-order chi connectivity index (χ0) is 35.3. The van der Waals surface area contributed by atoms with E-state index in [0.717, 1.165) is 70.1 Å². The minimum atomic E-state index is -0.755. The summed E-state index contributed by atoms with van der Waals surface area (Å²) in [6, 6.07) is 0. The second-order valence-electron chi connectivity index (χ2n) is 14.7. The zero-order valence-corrected chi connectivity index (χ0v) is 32.4. The van der Waals surface area contributed by atoms with E-state index in [-0.39, 0.29) is 31.1 Å². The van der Waals surface area contributed by atoms with E-state index >= 15 is 0 Å². The Morgan fingerprint density at radius 2 is 0.688 bits per heavy atom. The van der Waals surface area contributed by atoms with Crippen molar-refractivity contribution in [3.63, 3.8) is 0 Å². The Labute approximate surface area is 298 Å². The highest BCUT2D eigenvalue weighted by atomic mass is 16.6. The molecule has 0 unspecified atom stereocenters. The van der Waals surface area contributed by atoms with Crippen molar-refractivity contribution in [3.8, 4) is 0 Å². The number of carbonyl (C=O) groups excluding carboxylic acids is 3. The maximum Gasteiger partial charge on any atom is 0.306 e. The molecule has 0 amide bonds. The van der Waals surface area contributed by atoms with Gasteiger partial charge < -0.3 is 14.2 Å². The number of hydrogen-bond donors (Lipinski definition) is 0. The molecule has 6 nitrogen and oxygen atoms in total. The molecular formula is C42H80O6. The first-order valence-corrected chi connectivity index (χ1v) is 20.9. The predicted molar refractivity (Wildman–Crippen MR) is 201 cm³/mol. The van der Waals surface area contributed by atoms with E-state index in [1.54, 1.807) is 0 Å².